The third kappa shape index (κ3) is 3.82. The number of carbonyl (C=O) groups excluding carboxylic acids is 1. The summed E-state index contributed by atoms with van der Waals surface area (Å²) < 4.78 is 0. The summed E-state index contributed by atoms with van der Waals surface area (Å²) in [6.45, 7) is 5.40. The predicted molar refractivity (Wildman–Crippen MR) is 68.5 cm³/mol. The van der Waals surface area contributed by atoms with E-state index in [4.69, 9.17) is 5.73 Å². The highest BCUT2D eigenvalue weighted by Gasteiger charge is 2.14. The van der Waals surface area contributed by atoms with Gasteiger partial charge in [0.15, 0.2) is 0 Å². The van der Waals surface area contributed by atoms with Crippen LogP contribution in [-0.4, -0.2) is 29.4 Å². The molecule has 0 bridgehead atoms. The van der Waals surface area contributed by atoms with Crippen molar-refractivity contribution in [2.24, 2.45) is 11.7 Å². The van der Waals surface area contributed by atoms with Gasteiger partial charge in [-0.2, -0.15) is 0 Å². The fourth-order valence-electron chi connectivity index (χ4n) is 1.62. The molecule has 1 heterocycles. The van der Waals surface area contributed by atoms with Gasteiger partial charge < -0.3 is 10.6 Å². The second kappa shape index (κ2) is 6.35. The Bertz CT molecular complexity index is 379. The summed E-state index contributed by atoms with van der Waals surface area (Å²) in [5.74, 6) is 0.544. The fraction of sp³-hybridized carbons (Fsp3) is 0.538. The van der Waals surface area contributed by atoms with Gasteiger partial charge in [0.1, 0.15) is 0 Å². The Balaban J connectivity index is 2.74. The van der Waals surface area contributed by atoms with Crippen molar-refractivity contribution in [3.05, 3.63) is 29.6 Å². The van der Waals surface area contributed by atoms with Crippen molar-refractivity contribution >= 4 is 5.91 Å². The molecule has 0 aromatic carbocycles. The van der Waals surface area contributed by atoms with E-state index in [1.807, 2.05) is 7.05 Å². The van der Waals surface area contributed by atoms with Crippen LogP contribution in [0.3, 0.4) is 0 Å². The topological polar surface area (TPSA) is 59.2 Å². The van der Waals surface area contributed by atoms with Gasteiger partial charge in [-0.3, -0.25) is 9.78 Å². The number of nitrogens with zero attached hydrogens (tertiary/aromatic N) is 2. The molecule has 17 heavy (non-hydrogen) atoms. The Hall–Kier alpha value is -1.42. The van der Waals surface area contributed by atoms with Crippen LogP contribution in [0.25, 0.3) is 0 Å². The molecule has 1 amide bonds. The van der Waals surface area contributed by atoms with Gasteiger partial charge in [-0.25, -0.2) is 0 Å². The number of aromatic nitrogens is 1. The minimum Gasteiger partial charge on any atom is -0.341 e. The molecule has 94 valence electrons. The number of amides is 1. The van der Waals surface area contributed by atoms with E-state index in [9.17, 15) is 4.79 Å². The van der Waals surface area contributed by atoms with Crippen molar-refractivity contribution in [2.45, 2.75) is 26.8 Å². The van der Waals surface area contributed by atoms with Crippen molar-refractivity contribution in [1.29, 1.82) is 0 Å². The number of rotatable bonds is 5. The number of hydrogen-bond donors (Lipinski definition) is 1. The normalized spacial score (nSPS) is 12.2. The Morgan fingerprint density at radius 3 is 2.88 bits per heavy atom. The molecule has 0 spiro atoms. The fourth-order valence-corrected chi connectivity index (χ4v) is 1.62. The number of pyridine rings is 1. The zero-order valence-electron chi connectivity index (χ0n) is 10.8. The molecule has 0 aliphatic heterocycles. The molecule has 1 rings (SSSR count). The summed E-state index contributed by atoms with van der Waals surface area (Å²) in [6, 6.07) is 3.49. The Labute approximate surface area is 103 Å². The molecule has 0 saturated carbocycles. The lowest BCUT2D eigenvalue weighted by molar-refractivity contribution is 0.0774. The number of hydrogen-bond acceptors (Lipinski definition) is 3. The van der Waals surface area contributed by atoms with Crippen LogP contribution in [0, 0.1) is 5.92 Å². The first-order valence-corrected chi connectivity index (χ1v) is 5.99. The average molecular weight is 235 g/mol. The van der Waals surface area contributed by atoms with Gasteiger partial charge in [0, 0.05) is 31.9 Å². The number of carbonyl (C=O) groups is 1. The van der Waals surface area contributed by atoms with E-state index in [2.05, 4.69) is 18.8 Å². The zero-order valence-corrected chi connectivity index (χ0v) is 10.8. The van der Waals surface area contributed by atoms with Crippen LogP contribution >= 0.6 is 0 Å². The largest absolute Gasteiger partial charge is 0.341 e. The first-order valence-electron chi connectivity index (χ1n) is 5.99. The van der Waals surface area contributed by atoms with Crippen molar-refractivity contribution in [3.63, 3.8) is 0 Å². The van der Waals surface area contributed by atoms with Crippen molar-refractivity contribution in [3.8, 4) is 0 Å². The van der Waals surface area contributed by atoms with E-state index in [0.717, 1.165) is 18.7 Å². The van der Waals surface area contributed by atoms with Gasteiger partial charge >= 0.3 is 0 Å². The summed E-state index contributed by atoms with van der Waals surface area (Å²) in [7, 11) is 1.83. The van der Waals surface area contributed by atoms with Crippen molar-refractivity contribution in [2.75, 3.05) is 13.6 Å². The lowest BCUT2D eigenvalue weighted by Gasteiger charge is -2.20. The molecule has 1 atom stereocenters. The molecule has 1 aromatic heterocycles. The molecule has 0 aliphatic rings. The first kappa shape index (κ1) is 13.6. The van der Waals surface area contributed by atoms with Crippen LogP contribution in [0.15, 0.2) is 18.3 Å². The van der Waals surface area contributed by atoms with Crippen molar-refractivity contribution in [1.82, 2.24) is 9.88 Å². The highest BCUT2D eigenvalue weighted by atomic mass is 16.2. The monoisotopic (exact) mass is 235 g/mol. The van der Waals surface area contributed by atoms with Gasteiger partial charge in [0.2, 0.25) is 0 Å². The highest BCUT2D eigenvalue weighted by molar-refractivity contribution is 5.94. The lowest BCUT2D eigenvalue weighted by atomic mass is 10.1. The molecule has 0 saturated heterocycles. The predicted octanol–water partition coefficient (Wildman–Crippen LogP) is 1.66. The van der Waals surface area contributed by atoms with Gasteiger partial charge in [0.25, 0.3) is 5.91 Å². The molecular formula is C13H21N3O. The third-order valence-electron chi connectivity index (χ3n) is 2.90. The third-order valence-corrected chi connectivity index (χ3v) is 2.90. The maximum absolute atomic E-state index is 12.1. The summed E-state index contributed by atoms with van der Waals surface area (Å²) in [5.41, 5.74) is 6.91. The van der Waals surface area contributed by atoms with E-state index >= 15 is 0 Å². The molecule has 1 aromatic rings. The van der Waals surface area contributed by atoms with Crippen LogP contribution in [0.2, 0.25) is 0 Å². The minimum absolute atomic E-state index is 0.0300. The minimum atomic E-state index is 0.0300. The van der Waals surface area contributed by atoms with E-state index in [1.165, 1.54) is 0 Å². The molecular weight excluding hydrogens is 214 g/mol. The highest BCUT2D eigenvalue weighted by Crippen LogP contribution is 2.08. The summed E-state index contributed by atoms with van der Waals surface area (Å²) in [4.78, 5) is 18.0. The molecule has 0 radical (unpaired) electrons. The van der Waals surface area contributed by atoms with Gasteiger partial charge in [-0.05, 0) is 18.1 Å². The van der Waals surface area contributed by atoms with Crippen molar-refractivity contribution < 1.29 is 4.79 Å². The Morgan fingerprint density at radius 1 is 1.59 bits per heavy atom. The average Bonchev–Trinajstić information content (AvgIpc) is 2.37. The Kier molecular flexibility index (Phi) is 5.10. The number of nitrogens with two attached hydrogens (primary N) is 1. The quantitative estimate of drug-likeness (QED) is 0.844. The van der Waals surface area contributed by atoms with Gasteiger partial charge in [-0.1, -0.05) is 20.3 Å². The van der Waals surface area contributed by atoms with E-state index in [-0.39, 0.29) is 5.91 Å². The zero-order chi connectivity index (χ0) is 12.8. The molecule has 4 heteroatoms. The summed E-state index contributed by atoms with van der Waals surface area (Å²) in [5, 5.41) is 0. The summed E-state index contributed by atoms with van der Waals surface area (Å²) in [6.07, 6.45) is 2.70. The van der Waals surface area contributed by atoms with Crippen LogP contribution in [0.5, 0.6) is 0 Å². The van der Waals surface area contributed by atoms with Gasteiger partial charge in [-0.15, -0.1) is 0 Å². The molecule has 2 N–H and O–H groups in total. The molecule has 1 unspecified atom stereocenters. The van der Waals surface area contributed by atoms with Gasteiger partial charge in [0.05, 0.1) is 5.69 Å². The molecule has 0 fully saturated rings. The van der Waals surface area contributed by atoms with E-state index in [1.54, 1.807) is 23.2 Å². The van der Waals surface area contributed by atoms with Crippen LogP contribution < -0.4 is 5.73 Å². The maximum atomic E-state index is 12.1. The standard InChI is InChI=1S/C13H21N3O/c1-4-10(2)9-16(3)13(17)11-5-6-15-12(7-11)8-14/h5-7,10H,4,8-9,14H2,1-3H3. The van der Waals surface area contributed by atoms with Crippen LogP contribution in [0.4, 0.5) is 0 Å². The molecule has 0 aliphatic carbocycles. The molecule has 4 nitrogen and oxygen atoms in total. The van der Waals surface area contributed by atoms with Crippen LogP contribution in [0.1, 0.15) is 36.3 Å². The summed E-state index contributed by atoms with van der Waals surface area (Å²) >= 11 is 0. The van der Waals surface area contributed by atoms with E-state index < -0.39 is 0 Å². The SMILES string of the molecule is CCC(C)CN(C)C(=O)c1ccnc(CN)c1. The Morgan fingerprint density at radius 2 is 2.29 bits per heavy atom. The smallest absolute Gasteiger partial charge is 0.253 e. The lowest BCUT2D eigenvalue weighted by Crippen LogP contribution is -2.31. The first-order chi connectivity index (χ1) is 8.08. The maximum Gasteiger partial charge on any atom is 0.253 e. The van der Waals surface area contributed by atoms with E-state index in [0.29, 0.717) is 18.0 Å². The van der Waals surface area contributed by atoms with Crippen LogP contribution in [-0.2, 0) is 6.54 Å². The second-order valence-corrected chi connectivity index (χ2v) is 4.44. The second-order valence-electron chi connectivity index (χ2n) is 4.44.